The number of amides is 4. The van der Waals surface area contributed by atoms with Crippen LogP contribution in [-0.4, -0.2) is 29.4 Å². The van der Waals surface area contributed by atoms with E-state index >= 15 is 0 Å². The van der Waals surface area contributed by atoms with Crippen LogP contribution in [0.15, 0.2) is 12.1 Å². The van der Waals surface area contributed by atoms with Crippen molar-refractivity contribution in [2.24, 2.45) is 0 Å². The van der Waals surface area contributed by atoms with E-state index in [1.165, 1.54) is 0 Å². The van der Waals surface area contributed by atoms with Gasteiger partial charge in [0, 0.05) is 0 Å². The molecule has 100 valence electrons. The van der Waals surface area contributed by atoms with Gasteiger partial charge < -0.3 is 0 Å². The smallest absolute Gasteiger partial charge is 0.275 e. The van der Waals surface area contributed by atoms with E-state index in [1.807, 2.05) is 5.32 Å². The Kier molecular flexibility index (Phi) is 3.59. The molecule has 0 aliphatic carbocycles. The van der Waals surface area contributed by atoms with Crippen LogP contribution in [0.4, 0.5) is 9.18 Å². The van der Waals surface area contributed by atoms with Crippen molar-refractivity contribution < 1.29 is 18.8 Å². The van der Waals surface area contributed by atoms with Crippen LogP contribution in [0.25, 0.3) is 0 Å². The summed E-state index contributed by atoms with van der Waals surface area (Å²) in [4.78, 5) is 33.9. The van der Waals surface area contributed by atoms with Crippen molar-refractivity contribution >= 4 is 41.0 Å². The van der Waals surface area contributed by atoms with Crippen molar-refractivity contribution in [1.29, 1.82) is 0 Å². The second-order valence-corrected chi connectivity index (χ2v) is 4.44. The van der Waals surface area contributed by atoms with Crippen molar-refractivity contribution in [3.63, 3.8) is 0 Å². The number of rotatable bonds is 2. The van der Waals surface area contributed by atoms with Gasteiger partial charge in [-0.15, -0.1) is 0 Å². The van der Waals surface area contributed by atoms with Crippen LogP contribution in [0.3, 0.4) is 0 Å². The zero-order chi connectivity index (χ0) is 14.2. The summed E-state index contributed by atoms with van der Waals surface area (Å²) in [6.07, 6.45) is 0. The van der Waals surface area contributed by atoms with Gasteiger partial charge in [-0.05, 0) is 12.1 Å². The van der Waals surface area contributed by atoms with Crippen molar-refractivity contribution in [2.75, 3.05) is 6.54 Å². The molecule has 1 aliphatic rings. The number of urea groups is 1. The Morgan fingerprint density at radius 3 is 2.58 bits per heavy atom. The molecular weight excluding hydrogens is 300 g/mol. The Hall–Kier alpha value is -1.86. The fourth-order valence-electron chi connectivity index (χ4n) is 1.41. The van der Waals surface area contributed by atoms with E-state index in [2.05, 4.69) is 5.43 Å². The number of nitrogens with zero attached hydrogens (tertiary/aromatic N) is 1. The molecule has 9 heteroatoms. The molecule has 1 heterocycles. The summed E-state index contributed by atoms with van der Waals surface area (Å²) in [5.41, 5.74) is 1.93. The first-order valence-corrected chi connectivity index (χ1v) is 5.71. The normalized spacial score (nSPS) is 14.6. The molecule has 2 N–H and O–H groups in total. The van der Waals surface area contributed by atoms with Crippen molar-refractivity contribution in [2.45, 2.75) is 0 Å². The molecule has 1 fully saturated rings. The molecule has 6 nitrogen and oxygen atoms in total. The first-order valence-electron chi connectivity index (χ1n) is 4.95. The number of hydrazine groups is 1. The summed E-state index contributed by atoms with van der Waals surface area (Å²) in [6.45, 7) is -0.321. The van der Waals surface area contributed by atoms with Gasteiger partial charge in [-0.25, -0.2) is 14.2 Å². The fourth-order valence-corrected chi connectivity index (χ4v) is 1.88. The molecule has 1 saturated heterocycles. The summed E-state index contributed by atoms with van der Waals surface area (Å²) >= 11 is 11.2. The van der Waals surface area contributed by atoms with Crippen LogP contribution in [-0.2, 0) is 4.79 Å². The minimum Gasteiger partial charge on any atom is -0.275 e. The third-order valence-corrected chi connectivity index (χ3v) is 2.89. The first-order chi connectivity index (χ1) is 8.88. The maximum Gasteiger partial charge on any atom is 0.343 e. The molecule has 0 bridgehead atoms. The number of hydrogen-bond donors (Lipinski definition) is 2. The summed E-state index contributed by atoms with van der Waals surface area (Å²) < 4.78 is 13.3. The molecule has 0 aromatic heterocycles. The van der Waals surface area contributed by atoms with E-state index in [4.69, 9.17) is 23.2 Å². The maximum atomic E-state index is 13.3. The molecule has 1 aromatic carbocycles. The molecule has 1 aliphatic heterocycles. The van der Waals surface area contributed by atoms with E-state index in [1.54, 1.807) is 0 Å². The monoisotopic (exact) mass is 305 g/mol. The number of halogens is 3. The zero-order valence-corrected chi connectivity index (χ0v) is 10.7. The summed E-state index contributed by atoms with van der Waals surface area (Å²) in [5, 5.41) is 2.42. The largest absolute Gasteiger partial charge is 0.343 e. The topological polar surface area (TPSA) is 78.5 Å². The van der Waals surface area contributed by atoms with E-state index in [9.17, 15) is 18.8 Å². The highest BCUT2D eigenvalue weighted by atomic mass is 35.5. The second kappa shape index (κ2) is 5.02. The van der Waals surface area contributed by atoms with Gasteiger partial charge in [0.1, 0.15) is 12.4 Å². The predicted octanol–water partition coefficient (Wildman–Crippen LogP) is 1.33. The van der Waals surface area contributed by atoms with Gasteiger partial charge in [0.2, 0.25) is 5.91 Å². The molecule has 0 radical (unpaired) electrons. The van der Waals surface area contributed by atoms with Gasteiger partial charge in [-0.1, -0.05) is 23.2 Å². The summed E-state index contributed by atoms with van der Waals surface area (Å²) in [7, 11) is 0. The Morgan fingerprint density at radius 1 is 1.32 bits per heavy atom. The molecule has 0 saturated carbocycles. The van der Waals surface area contributed by atoms with Gasteiger partial charge in [0.15, 0.2) is 0 Å². The minimum atomic E-state index is -0.828. The Labute approximate surface area is 116 Å². The molecule has 0 atom stereocenters. The minimum absolute atomic E-state index is 0.0742. The number of nitrogens with one attached hydrogen (secondary N) is 2. The van der Waals surface area contributed by atoms with Gasteiger partial charge in [0.05, 0.1) is 15.6 Å². The highest BCUT2D eigenvalue weighted by molar-refractivity contribution is 6.36. The first kappa shape index (κ1) is 13.6. The molecule has 0 spiro atoms. The Morgan fingerprint density at radius 2 is 2.00 bits per heavy atom. The Balaban J connectivity index is 2.19. The highest BCUT2D eigenvalue weighted by Gasteiger charge is 2.29. The molecule has 4 amide bonds. The lowest BCUT2D eigenvalue weighted by molar-refractivity contribution is -0.118. The number of hydrogen-bond acceptors (Lipinski definition) is 3. The second-order valence-electron chi connectivity index (χ2n) is 3.63. The third-order valence-electron chi connectivity index (χ3n) is 2.28. The van der Waals surface area contributed by atoms with Gasteiger partial charge >= 0.3 is 6.03 Å². The van der Waals surface area contributed by atoms with Crippen molar-refractivity contribution in [1.82, 2.24) is 15.8 Å². The SMILES string of the molecule is O=C1CN(NC(=O)c2cc(F)c(Cl)cc2Cl)C(=O)N1. The van der Waals surface area contributed by atoms with Crippen LogP contribution in [0.5, 0.6) is 0 Å². The van der Waals surface area contributed by atoms with E-state index in [0.29, 0.717) is 0 Å². The zero-order valence-electron chi connectivity index (χ0n) is 9.17. The standard InChI is InChI=1S/C10H6Cl2FN3O3/c11-5-2-6(12)7(13)1-4(5)9(18)15-16-3-8(17)14-10(16)19/h1-2H,3H2,(H,15,18)(H,14,17,19). The van der Waals surface area contributed by atoms with Crippen LogP contribution < -0.4 is 10.7 Å². The highest BCUT2D eigenvalue weighted by Crippen LogP contribution is 2.24. The van der Waals surface area contributed by atoms with E-state index < -0.39 is 23.7 Å². The molecule has 1 aromatic rings. The van der Waals surface area contributed by atoms with E-state index in [0.717, 1.165) is 17.1 Å². The van der Waals surface area contributed by atoms with Crippen molar-refractivity contribution in [3.05, 3.63) is 33.6 Å². The lowest BCUT2D eigenvalue weighted by atomic mass is 10.2. The Bertz CT molecular complexity index is 594. The summed E-state index contributed by atoms with van der Waals surface area (Å²) in [5.74, 6) is -2.21. The van der Waals surface area contributed by atoms with Crippen molar-refractivity contribution in [3.8, 4) is 0 Å². The van der Waals surface area contributed by atoms with Gasteiger partial charge in [-0.2, -0.15) is 0 Å². The van der Waals surface area contributed by atoms with Crippen LogP contribution >= 0.6 is 23.2 Å². The lowest BCUT2D eigenvalue weighted by Gasteiger charge is -2.15. The molecule has 0 unspecified atom stereocenters. The van der Waals surface area contributed by atoms with E-state index in [-0.39, 0.29) is 22.2 Å². The van der Waals surface area contributed by atoms with Gasteiger partial charge in [0.25, 0.3) is 5.91 Å². The van der Waals surface area contributed by atoms with Crippen LogP contribution in [0.1, 0.15) is 10.4 Å². The average molecular weight is 306 g/mol. The lowest BCUT2D eigenvalue weighted by Crippen LogP contribution is -2.44. The van der Waals surface area contributed by atoms with Crippen LogP contribution in [0, 0.1) is 5.82 Å². The third kappa shape index (κ3) is 2.77. The number of carbonyl (C=O) groups excluding carboxylic acids is 3. The number of carbonyl (C=O) groups is 3. The molecular formula is C10H6Cl2FN3O3. The quantitative estimate of drug-likeness (QED) is 0.639. The summed E-state index contributed by atoms with van der Waals surface area (Å²) in [6, 6.07) is 1.14. The van der Waals surface area contributed by atoms with Gasteiger partial charge in [-0.3, -0.25) is 20.3 Å². The molecule has 2 rings (SSSR count). The average Bonchev–Trinajstić information content (AvgIpc) is 2.62. The fraction of sp³-hybridized carbons (Fsp3) is 0.100. The predicted molar refractivity (Wildman–Crippen MR) is 64.1 cm³/mol. The molecule has 19 heavy (non-hydrogen) atoms. The maximum absolute atomic E-state index is 13.3. The number of imide groups is 1. The number of benzene rings is 1. The van der Waals surface area contributed by atoms with Crippen LogP contribution in [0.2, 0.25) is 10.0 Å².